The molecule has 0 radical (unpaired) electrons. The number of nitrogens with zero attached hydrogens (tertiary/aromatic N) is 1. The van der Waals surface area contributed by atoms with Gasteiger partial charge in [0.15, 0.2) is 5.78 Å². The molecule has 2 atom stereocenters. The van der Waals surface area contributed by atoms with Gasteiger partial charge in [0.1, 0.15) is 12.4 Å². The van der Waals surface area contributed by atoms with Crippen LogP contribution < -0.4 is 26.4 Å². The lowest BCUT2D eigenvalue weighted by atomic mass is 9.89. The largest absolute Gasteiger partial charge is 0.514 e. The van der Waals surface area contributed by atoms with Crippen molar-refractivity contribution in [1.82, 2.24) is 10.6 Å². The highest BCUT2D eigenvalue weighted by Gasteiger charge is 2.29. The third kappa shape index (κ3) is 14.7. The minimum absolute atomic E-state index is 0.0548. The molecular weight excluding hydrogens is 614 g/mol. The van der Waals surface area contributed by atoms with E-state index in [-0.39, 0.29) is 75.0 Å². The minimum atomic E-state index is -1.01. The van der Waals surface area contributed by atoms with E-state index in [2.05, 4.69) is 16.0 Å². The number of rotatable bonds is 20. The standard InChI is InChI=1S/C32H43N5O10/c1-4-17-45-18-15-28(39)36-29(21(2)3)27(38)19-23(6-5-16-34-31(33)41)30(40)35-24-9-7-22(8-10-24)20-46-32(42)47-26-13-11-25(12-14-26)37(43)44/h7-14,21,23,29H,4-6,15-20H2,1-3H3,(H,35,40)(H,36,39)(H3,33,34,41)/t23-,29+/m1/s1/i1T. The first-order valence-electron chi connectivity index (χ1n) is 15.8. The zero-order chi connectivity index (χ0) is 35.5. The van der Waals surface area contributed by atoms with E-state index in [0.717, 1.165) is 0 Å². The summed E-state index contributed by atoms with van der Waals surface area (Å²) >= 11 is 0. The zero-order valence-electron chi connectivity index (χ0n) is 27.5. The Bertz CT molecular complexity index is 1370. The summed E-state index contributed by atoms with van der Waals surface area (Å²) in [5, 5.41) is 18.8. The summed E-state index contributed by atoms with van der Waals surface area (Å²) < 4.78 is 22.6. The summed E-state index contributed by atoms with van der Waals surface area (Å²) in [6, 6.07) is 9.81. The topological polar surface area (TPSA) is 218 Å². The third-order valence-corrected chi connectivity index (χ3v) is 6.77. The second-order valence-corrected chi connectivity index (χ2v) is 10.9. The Labute approximate surface area is 274 Å². The lowest BCUT2D eigenvalue weighted by molar-refractivity contribution is -0.384. The van der Waals surface area contributed by atoms with Gasteiger partial charge in [-0.25, -0.2) is 9.59 Å². The Kier molecular flexibility index (Phi) is 15.6. The number of amides is 4. The van der Waals surface area contributed by atoms with Crippen LogP contribution in [-0.4, -0.2) is 60.5 Å². The van der Waals surface area contributed by atoms with Gasteiger partial charge in [-0.15, -0.1) is 0 Å². The van der Waals surface area contributed by atoms with Gasteiger partial charge in [-0.3, -0.25) is 24.5 Å². The van der Waals surface area contributed by atoms with Crippen molar-refractivity contribution in [2.75, 3.05) is 25.1 Å². The lowest BCUT2D eigenvalue weighted by Gasteiger charge is -2.24. The van der Waals surface area contributed by atoms with Gasteiger partial charge in [0.2, 0.25) is 11.8 Å². The number of primary amides is 1. The van der Waals surface area contributed by atoms with E-state index >= 15 is 0 Å². The van der Waals surface area contributed by atoms with E-state index in [0.29, 0.717) is 30.7 Å². The Morgan fingerprint density at radius 2 is 1.72 bits per heavy atom. The number of hydrogen-bond donors (Lipinski definition) is 4. The maximum atomic E-state index is 13.4. The number of nitro benzene ring substituents is 1. The van der Waals surface area contributed by atoms with Crippen molar-refractivity contribution in [3.8, 4) is 5.75 Å². The van der Waals surface area contributed by atoms with Gasteiger partial charge in [-0.2, -0.15) is 0 Å². The van der Waals surface area contributed by atoms with Gasteiger partial charge >= 0.3 is 12.2 Å². The molecule has 0 aliphatic heterocycles. The molecule has 0 saturated heterocycles. The van der Waals surface area contributed by atoms with Gasteiger partial charge in [0.25, 0.3) is 5.69 Å². The van der Waals surface area contributed by atoms with Crippen LogP contribution in [0.15, 0.2) is 48.5 Å². The first-order chi connectivity index (χ1) is 22.9. The molecule has 2 aromatic rings. The summed E-state index contributed by atoms with van der Waals surface area (Å²) in [4.78, 5) is 72.5. The maximum absolute atomic E-state index is 13.4. The molecule has 5 N–H and O–H groups in total. The average Bonchev–Trinajstić information content (AvgIpc) is 3.04. The molecule has 0 saturated carbocycles. The predicted octanol–water partition coefficient (Wildman–Crippen LogP) is 4.23. The molecule has 0 bridgehead atoms. The molecule has 0 spiro atoms. The number of urea groups is 1. The highest BCUT2D eigenvalue weighted by Crippen LogP contribution is 2.21. The molecular formula is C32H43N5O10. The molecule has 0 aliphatic carbocycles. The van der Waals surface area contributed by atoms with Crippen molar-refractivity contribution < 1.29 is 44.5 Å². The number of carbonyl (C=O) groups is 5. The van der Waals surface area contributed by atoms with Crippen LogP contribution in [0.25, 0.3) is 0 Å². The molecule has 0 heterocycles. The van der Waals surface area contributed by atoms with Gasteiger partial charge < -0.3 is 35.9 Å². The summed E-state index contributed by atoms with van der Waals surface area (Å²) in [5.74, 6) is -2.06. The van der Waals surface area contributed by atoms with Crippen molar-refractivity contribution in [1.29, 1.82) is 0 Å². The van der Waals surface area contributed by atoms with E-state index in [1.165, 1.54) is 24.3 Å². The highest BCUT2D eigenvalue weighted by atomic mass is 16.7. The molecule has 2 aromatic carbocycles. The molecule has 47 heavy (non-hydrogen) atoms. The maximum Gasteiger partial charge on any atom is 0.514 e. The fourth-order valence-corrected chi connectivity index (χ4v) is 4.32. The quantitative estimate of drug-likeness (QED) is 0.0521. The molecule has 0 aromatic heterocycles. The van der Waals surface area contributed by atoms with Crippen molar-refractivity contribution in [3.05, 3.63) is 64.2 Å². The summed E-state index contributed by atoms with van der Waals surface area (Å²) in [5.41, 5.74) is 5.98. The second kappa shape index (κ2) is 20.2. The van der Waals surface area contributed by atoms with Crippen LogP contribution in [0, 0.1) is 22.0 Å². The van der Waals surface area contributed by atoms with Crippen LogP contribution in [0.3, 0.4) is 0 Å². The number of nitro groups is 1. The first kappa shape index (κ1) is 36.4. The van der Waals surface area contributed by atoms with Crippen molar-refractivity contribution in [3.63, 3.8) is 0 Å². The zero-order valence-corrected chi connectivity index (χ0v) is 26.5. The number of anilines is 1. The fraction of sp³-hybridized carbons (Fsp3) is 0.469. The summed E-state index contributed by atoms with van der Waals surface area (Å²) in [7, 11) is 0. The molecule has 256 valence electrons. The molecule has 0 fully saturated rings. The number of non-ortho nitro benzene ring substituents is 1. The second-order valence-electron chi connectivity index (χ2n) is 10.9. The third-order valence-electron chi connectivity index (χ3n) is 6.77. The number of Topliss-reactive ketones (excluding diaryl/α,β-unsaturated/α-hetero) is 1. The Morgan fingerprint density at radius 1 is 1.02 bits per heavy atom. The fourth-order valence-electron chi connectivity index (χ4n) is 4.32. The molecule has 2 rings (SSSR count). The Balaban J connectivity index is 1.97. The van der Waals surface area contributed by atoms with Gasteiger partial charge in [-0.1, -0.05) is 32.9 Å². The van der Waals surface area contributed by atoms with E-state index in [1.807, 2.05) is 0 Å². The highest BCUT2D eigenvalue weighted by molar-refractivity contribution is 5.97. The van der Waals surface area contributed by atoms with Gasteiger partial charge in [-0.05, 0) is 55.0 Å². The number of ketones is 1. The number of hydrogen-bond acceptors (Lipinski definition) is 10. The Morgan fingerprint density at radius 3 is 2.34 bits per heavy atom. The predicted molar refractivity (Wildman–Crippen MR) is 171 cm³/mol. The van der Waals surface area contributed by atoms with Crippen LogP contribution in [0.1, 0.15) is 59.8 Å². The van der Waals surface area contributed by atoms with Crippen molar-refractivity contribution in [2.24, 2.45) is 17.6 Å². The summed E-state index contributed by atoms with van der Waals surface area (Å²) in [6.07, 6.45) is 0.0748. The monoisotopic (exact) mass is 659 g/mol. The van der Waals surface area contributed by atoms with Crippen LogP contribution in [-0.2, 0) is 30.5 Å². The van der Waals surface area contributed by atoms with E-state index in [1.54, 1.807) is 38.1 Å². The first-order valence-corrected chi connectivity index (χ1v) is 15.1. The molecule has 15 heteroatoms. The number of benzene rings is 2. The van der Waals surface area contributed by atoms with Crippen LogP contribution >= 0.6 is 0 Å². The number of carbonyl (C=O) groups excluding carboxylic acids is 5. The van der Waals surface area contributed by atoms with Crippen LogP contribution in [0.4, 0.5) is 21.0 Å². The van der Waals surface area contributed by atoms with E-state index in [4.69, 9.17) is 21.3 Å². The van der Waals surface area contributed by atoms with E-state index in [9.17, 15) is 34.1 Å². The van der Waals surface area contributed by atoms with Gasteiger partial charge in [0, 0.05) is 51.1 Å². The molecule has 0 unspecified atom stereocenters. The van der Waals surface area contributed by atoms with Crippen LogP contribution in [0.2, 0.25) is 0 Å². The Hall–Kier alpha value is -5.05. The SMILES string of the molecule is [3H]CCCOCCC(=O)N[C@H](C(=O)C[C@@H](CCCNC(N)=O)C(=O)Nc1ccc(COC(=O)Oc2ccc([N+](=O)[O-])cc2)cc1)C(C)C. The summed E-state index contributed by atoms with van der Waals surface area (Å²) in [6.45, 7) is 4.42. The normalized spacial score (nSPS) is 12.3. The smallest absolute Gasteiger partial charge is 0.429 e. The van der Waals surface area contributed by atoms with Crippen molar-refractivity contribution in [2.45, 2.75) is 65.5 Å². The average molecular weight is 660 g/mol. The number of ether oxygens (including phenoxy) is 3. The lowest BCUT2D eigenvalue weighted by Crippen LogP contribution is -2.45. The molecule has 0 aliphatic rings. The number of nitrogens with one attached hydrogen (secondary N) is 3. The number of nitrogens with two attached hydrogens (primary N) is 1. The van der Waals surface area contributed by atoms with E-state index < -0.39 is 35.0 Å². The minimum Gasteiger partial charge on any atom is -0.429 e. The van der Waals surface area contributed by atoms with Crippen molar-refractivity contribution >= 4 is 41.2 Å². The van der Waals surface area contributed by atoms with Gasteiger partial charge in [0.05, 0.1) is 17.6 Å². The molecule has 4 amide bonds. The molecule has 15 nitrogen and oxygen atoms in total. The van der Waals surface area contributed by atoms with Crippen LogP contribution in [0.5, 0.6) is 5.75 Å².